The standard InChI is InChI=1S/C14H17N3O/c1-3-17-7-6-16-14(17)9-13(18)11-8-10(2)4-5-12(11)15/h4-8H,3,9,15H2,1-2H3. The summed E-state index contributed by atoms with van der Waals surface area (Å²) in [6.07, 6.45) is 3.88. The lowest BCUT2D eigenvalue weighted by Crippen LogP contribution is -2.11. The summed E-state index contributed by atoms with van der Waals surface area (Å²) < 4.78 is 1.96. The van der Waals surface area contributed by atoms with E-state index in [0.29, 0.717) is 11.3 Å². The first-order chi connectivity index (χ1) is 8.61. The van der Waals surface area contributed by atoms with Crippen LogP contribution in [0.2, 0.25) is 0 Å². The average molecular weight is 243 g/mol. The number of nitrogen functional groups attached to an aromatic ring is 1. The molecule has 0 unspecified atom stereocenters. The number of hydrogen-bond acceptors (Lipinski definition) is 3. The van der Waals surface area contributed by atoms with Gasteiger partial charge in [0.25, 0.3) is 0 Å². The van der Waals surface area contributed by atoms with Crippen LogP contribution < -0.4 is 5.73 Å². The number of Topliss-reactive ketones (excluding diaryl/α,β-unsaturated/α-hetero) is 1. The molecule has 0 amide bonds. The van der Waals surface area contributed by atoms with Crippen molar-refractivity contribution >= 4 is 11.5 Å². The topological polar surface area (TPSA) is 60.9 Å². The summed E-state index contributed by atoms with van der Waals surface area (Å²) in [4.78, 5) is 16.4. The molecule has 2 rings (SSSR count). The van der Waals surface area contributed by atoms with Crippen LogP contribution in [0.1, 0.15) is 28.7 Å². The number of carbonyl (C=O) groups excluding carboxylic acids is 1. The first kappa shape index (κ1) is 12.4. The van der Waals surface area contributed by atoms with Gasteiger partial charge in [-0.05, 0) is 26.0 Å². The number of aromatic nitrogens is 2. The minimum absolute atomic E-state index is 0.0112. The summed E-state index contributed by atoms with van der Waals surface area (Å²) in [7, 11) is 0. The van der Waals surface area contributed by atoms with Gasteiger partial charge >= 0.3 is 0 Å². The lowest BCUT2D eigenvalue weighted by Gasteiger charge is -2.07. The zero-order valence-corrected chi connectivity index (χ0v) is 10.7. The van der Waals surface area contributed by atoms with Crippen LogP contribution in [0.15, 0.2) is 30.6 Å². The van der Waals surface area contributed by atoms with E-state index in [1.807, 2.05) is 36.7 Å². The van der Waals surface area contributed by atoms with Crippen molar-refractivity contribution < 1.29 is 4.79 Å². The lowest BCUT2D eigenvalue weighted by atomic mass is 10.0. The Morgan fingerprint density at radius 3 is 2.94 bits per heavy atom. The van der Waals surface area contributed by atoms with Gasteiger partial charge in [0.05, 0.1) is 6.42 Å². The zero-order chi connectivity index (χ0) is 13.1. The summed E-state index contributed by atoms with van der Waals surface area (Å²) in [5.74, 6) is 0.792. The van der Waals surface area contributed by atoms with Crippen LogP contribution in [-0.4, -0.2) is 15.3 Å². The third-order valence-corrected chi connectivity index (χ3v) is 2.97. The Morgan fingerprint density at radius 1 is 1.44 bits per heavy atom. The van der Waals surface area contributed by atoms with E-state index >= 15 is 0 Å². The van der Waals surface area contributed by atoms with E-state index in [2.05, 4.69) is 4.98 Å². The maximum absolute atomic E-state index is 12.2. The number of hydrogen-bond donors (Lipinski definition) is 1. The number of anilines is 1. The molecule has 4 nitrogen and oxygen atoms in total. The lowest BCUT2D eigenvalue weighted by molar-refractivity contribution is 0.0990. The van der Waals surface area contributed by atoms with Crippen LogP contribution in [-0.2, 0) is 13.0 Å². The van der Waals surface area contributed by atoms with Crippen LogP contribution in [0.25, 0.3) is 0 Å². The van der Waals surface area contributed by atoms with Gasteiger partial charge in [0, 0.05) is 30.2 Å². The number of rotatable bonds is 4. The molecule has 0 aliphatic rings. The monoisotopic (exact) mass is 243 g/mol. The number of aryl methyl sites for hydroxylation is 2. The Kier molecular flexibility index (Phi) is 3.46. The summed E-state index contributed by atoms with van der Waals surface area (Å²) in [6.45, 7) is 4.78. The van der Waals surface area contributed by atoms with Crippen molar-refractivity contribution in [2.24, 2.45) is 0 Å². The highest BCUT2D eigenvalue weighted by atomic mass is 16.1. The molecule has 2 aromatic rings. The molecule has 4 heteroatoms. The summed E-state index contributed by atoms with van der Waals surface area (Å²) in [5.41, 5.74) is 7.99. The second-order valence-corrected chi connectivity index (χ2v) is 4.32. The minimum atomic E-state index is 0.0112. The predicted octanol–water partition coefficient (Wildman–Crippen LogP) is 2.22. The Labute approximate surface area is 106 Å². The van der Waals surface area contributed by atoms with E-state index in [0.717, 1.165) is 17.9 Å². The Hall–Kier alpha value is -2.10. The molecule has 18 heavy (non-hydrogen) atoms. The molecule has 0 aliphatic heterocycles. The SMILES string of the molecule is CCn1ccnc1CC(=O)c1cc(C)ccc1N. The number of benzene rings is 1. The fourth-order valence-corrected chi connectivity index (χ4v) is 1.95. The maximum Gasteiger partial charge on any atom is 0.172 e. The van der Waals surface area contributed by atoms with Crippen LogP contribution in [0.4, 0.5) is 5.69 Å². The van der Waals surface area contributed by atoms with Crippen LogP contribution in [0.5, 0.6) is 0 Å². The second kappa shape index (κ2) is 5.04. The predicted molar refractivity (Wildman–Crippen MR) is 71.5 cm³/mol. The quantitative estimate of drug-likeness (QED) is 0.661. The van der Waals surface area contributed by atoms with E-state index < -0.39 is 0 Å². The van der Waals surface area contributed by atoms with Gasteiger partial charge < -0.3 is 10.3 Å². The molecule has 0 spiro atoms. The van der Waals surface area contributed by atoms with Crippen molar-refractivity contribution in [3.63, 3.8) is 0 Å². The van der Waals surface area contributed by atoms with Crippen molar-refractivity contribution in [1.82, 2.24) is 9.55 Å². The van der Waals surface area contributed by atoms with Crippen LogP contribution in [0.3, 0.4) is 0 Å². The Bertz CT molecular complexity index is 572. The number of carbonyl (C=O) groups is 1. The highest BCUT2D eigenvalue weighted by Crippen LogP contribution is 2.16. The Balaban J connectivity index is 2.25. The van der Waals surface area contributed by atoms with E-state index in [-0.39, 0.29) is 12.2 Å². The molecular formula is C14H17N3O. The number of nitrogens with zero attached hydrogens (tertiary/aromatic N) is 2. The van der Waals surface area contributed by atoms with Crippen molar-refractivity contribution in [2.45, 2.75) is 26.8 Å². The van der Waals surface area contributed by atoms with Gasteiger partial charge in [-0.3, -0.25) is 4.79 Å². The van der Waals surface area contributed by atoms with Crippen molar-refractivity contribution in [1.29, 1.82) is 0 Å². The molecular weight excluding hydrogens is 226 g/mol. The molecule has 0 saturated carbocycles. The number of ketones is 1. The largest absolute Gasteiger partial charge is 0.398 e. The third kappa shape index (κ3) is 2.42. The van der Waals surface area contributed by atoms with Gasteiger partial charge in [0.2, 0.25) is 0 Å². The van der Waals surface area contributed by atoms with Gasteiger partial charge in [-0.15, -0.1) is 0 Å². The van der Waals surface area contributed by atoms with E-state index in [4.69, 9.17) is 5.73 Å². The van der Waals surface area contributed by atoms with E-state index in [1.165, 1.54) is 0 Å². The molecule has 2 N–H and O–H groups in total. The van der Waals surface area contributed by atoms with E-state index in [1.54, 1.807) is 12.3 Å². The third-order valence-electron chi connectivity index (χ3n) is 2.97. The van der Waals surface area contributed by atoms with Gasteiger partial charge in [-0.2, -0.15) is 0 Å². The Morgan fingerprint density at radius 2 is 2.22 bits per heavy atom. The second-order valence-electron chi connectivity index (χ2n) is 4.32. The van der Waals surface area contributed by atoms with Crippen LogP contribution in [0, 0.1) is 6.92 Å². The summed E-state index contributed by atoms with van der Waals surface area (Å²) in [6, 6.07) is 5.50. The molecule has 0 saturated heterocycles. The normalized spacial score (nSPS) is 10.6. The number of imidazole rings is 1. The van der Waals surface area contributed by atoms with Crippen molar-refractivity contribution in [2.75, 3.05) is 5.73 Å². The molecule has 0 aliphatic carbocycles. The van der Waals surface area contributed by atoms with Gasteiger partial charge in [-0.1, -0.05) is 11.6 Å². The highest BCUT2D eigenvalue weighted by Gasteiger charge is 2.13. The molecule has 1 aromatic carbocycles. The molecule has 0 radical (unpaired) electrons. The molecule has 0 atom stereocenters. The molecule has 1 aromatic heterocycles. The first-order valence-corrected chi connectivity index (χ1v) is 6.01. The van der Waals surface area contributed by atoms with Crippen molar-refractivity contribution in [3.05, 3.63) is 47.5 Å². The maximum atomic E-state index is 12.2. The fourth-order valence-electron chi connectivity index (χ4n) is 1.95. The van der Waals surface area contributed by atoms with Gasteiger partial charge in [-0.25, -0.2) is 4.98 Å². The smallest absolute Gasteiger partial charge is 0.172 e. The fraction of sp³-hybridized carbons (Fsp3) is 0.286. The molecule has 94 valence electrons. The van der Waals surface area contributed by atoms with Crippen LogP contribution >= 0.6 is 0 Å². The summed E-state index contributed by atoms with van der Waals surface area (Å²) in [5, 5.41) is 0. The zero-order valence-electron chi connectivity index (χ0n) is 10.7. The number of nitrogens with two attached hydrogens (primary N) is 1. The average Bonchev–Trinajstić information content (AvgIpc) is 2.79. The first-order valence-electron chi connectivity index (χ1n) is 6.01. The van der Waals surface area contributed by atoms with Gasteiger partial charge in [0.15, 0.2) is 5.78 Å². The van der Waals surface area contributed by atoms with E-state index in [9.17, 15) is 4.79 Å². The van der Waals surface area contributed by atoms with Crippen molar-refractivity contribution in [3.8, 4) is 0 Å². The molecule has 0 fully saturated rings. The molecule has 0 bridgehead atoms. The highest BCUT2D eigenvalue weighted by molar-refractivity contribution is 6.01. The minimum Gasteiger partial charge on any atom is -0.398 e. The summed E-state index contributed by atoms with van der Waals surface area (Å²) >= 11 is 0. The molecule has 1 heterocycles. The van der Waals surface area contributed by atoms with Gasteiger partial charge in [0.1, 0.15) is 5.82 Å².